The van der Waals surface area contributed by atoms with Crippen LogP contribution in [0.1, 0.15) is 32.4 Å². The van der Waals surface area contributed by atoms with Crippen molar-refractivity contribution in [1.82, 2.24) is 4.90 Å². The van der Waals surface area contributed by atoms with Crippen LogP contribution in [0.5, 0.6) is 0 Å². The molecule has 1 heterocycles. The Hall–Kier alpha value is -0.670. The van der Waals surface area contributed by atoms with Crippen LogP contribution in [-0.4, -0.2) is 28.5 Å². The molecule has 1 saturated heterocycles. The van der Waals surface area contributed by atoms with E-state index in [1.54, 1.807) is 0 Å². The van der Waals surface area contributed by atoms with Gasteiger partial charge in [0.2, 0.25) is 0 Å². The minimum absolute atomic E-state index is 0.487. The molecule has 1 fully saturated rings. The van der Waals surface area contributed by atoms with Gasteiger partial charge in [0.25, 0.3) is 0 Å². The smallest absolute Gasteiger partial charge is 0.0320 e. The fourth-order valence-corrected chi connectivity index (χ4v) is 3.87. The number of anilines is 1. The molecule has 2 rings (SSSR count). The molecule has 0 saturated carbocycles. The van der Waals surface area contributed by atoms with Crippen LogP contribution >= 0.6 is 11.8 Å². The van der Waals surface area contributed by atoms with E-state index in [1.807, 2.05) is 12.1 Å². The summed E-state index contributed by atoms with van der Waals surface area (Å²) in [6.45, 7) is 9.30. The molecule has 3 heteroatoms. The molecule has 1 aliphatic heterocycles. The molecule has 1 aromatic carbocycles. The molecule has 94 valence electrons. The SMILES string of the molecule is CC1CN(C(C)c2ccc(N)cc2)CC(C)S1. The van der Waals surface area contributed by atoms with Crippen LogP contribution in [0.25, 0.3) is 0 Å². The van der Waals surface area contributed by atoms with Crippen molar-refractivity contribution in [2.75, 3.05) is 18.8 Å². The predicted octanol–water partition coefficient (Wildman–Crippen LogP) is 3.16. The number of nitrogens with zero attached hydrogens (tertiary/aromatic N) is 1. The first-order valence-electron chi connectivity index (χ1n) is 6.31. The lowest BCUT2D eigenvalue weighted by atomic mass is 10.1. The highest BCUT2D eigenvalue weighted by Gasteiger charge is 2.26. The van der Waals surface area contributed by atoms with Gasteiger partial charge in [0.15, 0.2) is 0 Å². The normalized spacial score (nSPS) is 27.9. The van der Waals surface area contributed by atoms with Gasteiger partial charge in [0, 0.05) is 35.3 Å². The lowest BCUT2D eigenvalue weighted by Gasteiger charge is -2.38. The van der Waals surface area contributed by atoms with Crippen molar-refractivity contribution in [2.45, 2.75) is 37.3 Å². The molecule has 0 aromatic heterocycles. The third-order valence-corrected chi connectivity index (χ3v) is 4.64. The lowest BCUT2D eigenvalue weighted by Crippen LogP contribution is -2.41. The molecule has 0 amide bonds. The van der Waals surface area contributed by atoms with Crippen LogP contribution in [0, 0.1) is 0 Å². The van der Waals surface area contributed by atoms with Crippen LogP contribution < -0.4 is 5.73 Å². The third kappa shape index (κ3) is 3.17. The molecule has 3 atom stereocenters. The lowest BCUT2D eigenvalue weighted by molar-refractivity contribution is 0.208. The number of rotatable bonds is 2. The fraction of sp³-hybridized carbons (Fsp3) is 0.571. The second-order valence-electron chi connectivity index (χ2n) is 5.05. The summed E-state index contributed by atoms with van der Waals surface area (Å²) >= 11 is 2.10. The number of nitrogen functional groups attached to an aromatic ring is 1. The third-order valence-electron chi connectivity index (χ3n) is 3.41. The van der Waals surface area contributed by atoms with Gasteiger partial charge in [0.05, 0.1) is 0 Å². The number of nitrogens with two attached hydrogens (primary N) is 1. The van der Waals surface area contributed by atoms with E-state index in [1.165, 1.54) is 18.7 Å². The zero-order valence-corrected chi connectivity index (χ0v) is 11.7. The van der Waals surface area contributed by atoms with Gasteiger partial charge in [-0.15, -0.1) is 0 Å². The molecule has 1 aromatic rings. The highest BCUT2D eigenvalue weighted by atomic mass is 32.2. The topological polar surface area (TPSA) is 29.3 Å². The number of thioether (sulfide) groups is 1. The number of hydrogen-bond donors (Lipinski definition) is 1. The van der Waals surface area contributed by atoms with Gasteiger partial charge in [-0.3, -0.25) is 4.90 Å². The Bertz CT molecular complexity index is 353. The van der Waals surface area contributed by atoms with Crippen molar-refractivity contribution in [3.05, 3.63) is 29.8 Å². The van der Waals surface area contributed by atoms with Gasteiger partial charge < -0.3 is 5.73 Å². The maximum absolute atomic E-state index is 5.73. The summed E-state index contributed by atoms with van der Waals surface area (Å²) < 4.78 is 0. The Morgan fingerprint density at radius 2 is 1.71 bits per heavy atom. The minimum atomic E-state index is 0.487. The zero-order chi connectivity index (χ0) is 12.4. The van der Waals surface area contributed by atoms with E-state index in [0.717, 1.165) is 16.2 Å². The summed E-state index contributed by atoms with van der Waals surface area (Å²) in [4.78, 5) is 2.58. The summed E-state index contributed by atoms with van der Waals surface area (Å²) in [6.07, 6.45) is 0. The van der Waals surface area contributed by atoms with Gasteiger partial charge in [-0.1, -0.05) is 26.0 Å². The molecular formula is C14H22N2S. The van der Waals surface area contributed by atoms with E-state index in [0.29, 0.717) is 6.04 Å². The Balaban J connectivity index is 2.08. The summed E-state index contributed by atoms with van der Waals surface area (Å²) in [5.74, 6) is 0. The average Bonchev–Trinajstić information content (AvgIpc) is 2.28. The second-order valence-corrected chi connectivity index (χ2v) is 6.94. The Morgan fingerprint density at radius 1 is 1.18 bits per heavy atom. The summed E-state index contributed by atoms with van der Waals surface area (Å²) in [6, 6.07) is 8.78. The van der Waals surface area contributed by atoms with Crippen molar-refractivity contribution in [1.29, 1.82) is 0 Å². The molecule has 0 radical (unpaired) electrons. The number of benzene rings is 1. The monoisotopic (exact) mass is 250 g/mol. The van der Waals surface area contributed by atoms with Crippen molar-refractivity contribution >= 4 is 17.4 Å². The maximum atomic E-state index is 5.73. The van der Waals surface area contributed by atoms with Crippen LogP contribution in [0.3, 0.4) is 0 Å². The van der Waals surface area contributed by atoms with Gasteiger partial charge in [-0.25, -0.2) is 0 Å². The van der Waals surface area contributed by atoms with Crippen molar-refractivity contribution in [3.8, 4) is 0 Å². The standard InChI is InChI=1S/C14H22N2S/c1-10-8-16(9-11(2)17-10)12(3)13-4-6-14(15)7-5-13/h4-7,10-12H,8-9,15H2,1-3H3. The van der Waals surface area contributed by atoms with Crippen LogP contribution in [0.15, 0.2) is 24.3 Å². The van der Waals surface area contributed by atoms with E-state index in [4.69, 9.17) is 5.73 Å². The van der Waals surface area contributed by atoms with Crippen molar-refractivity contribution in [3.63, 3.8) is 0 Å². The van der Waals surface area contributed by atoms with Crippen molar-refractivity contribution < 1.29 is 0 Å². The molecule has 3 unspecified atom stereocenters. The molecular weight excluding hydrogens is 228 g/mol. The minimum Gasteiger partial charge on any atom is -0.399 e. The van der Waals surface area contributed by atoms with Crippen LogP contribution in [0.4, 0.5) is 5.69 Å². The van der Waals surface area contributed by atoms with E-state index < -0.39 is 0 Å². The van der Waals surface area contributed by atoms with Gasteiger partial charge in [-0.2, -0.15) is 11.8 Å². The first kappa shape index (κ1) is 12.8. The molecule has 0 aliphatic carbocycles. The highest BCUT2D eigenvalue weighted by Crippen LogP contribution is 2.30. The van der Waals surface area contributed by atoms with Crippen LogP contribution in [0.2, 0.25) is 0 Å². The highest BCUT2D eigenvalue weighted by molar-refractivity contribution is 8.00. The Morgan fingerprint density at radius 3 is 2.24 bits per heavy atom. The van der Waals surface area contributed by atoms with E-state index in [9.17, 15) is 0 Å². The van der Waals surface area contributed by atoms with E-state index >= 15 is 0 Å². The van der Waals surface area contributed by atoms with E-state index in [2.05, 4.69) is 49.6 Å². The average molecular weight is 250 g/mol. The number of hydrogen-bond acceptors (Lipinski definition) is 3. The largest absolute Gasteiger partial charge is 0.399 e. The maximum Gasteiger partial charge on any atom is 0.0320 e. The molecule has 17 heavy (non-hydrogen) atoms. The van der Waals surface area contributed by atoms with Crippen LogP contribution in [-0.2, 0) is 0 Å². The van der Waals surface area contributed by atoms with E-state index in [-0.39, 0.29) is 0 Å². The molecule has 0 spiro atoms. The molecule has 0 bridgehead atoms. The molecule has 2 N–H and O–H groups in total. The van der Waals surface area contributed by atoms with Gasteiger partial charge in [0.1, 0.15) is 0 Å². The Labute approximate surface area is 109 Å². The molecule has 2 nitrogen and oxygen atoms in total. The van der Waals surface area contributed by atoms with Gasteiger partial charge >= 0.3 is 0 Å². The van der Waals surface area contributed by atoms with Gasteiger partial charge in [-0.05, 0) is 24.6 Å². The second kappa shape index (κ2) is 5.32. The summed E-state index contributed by atoms with van der Waals surface area (Å²) in [5, 5.41) is 1.46. The fourth-order valence-electron chi connectivity index (χ4n) is 2.52. The summed E-state index contributed by atoms with van der Waals surface area (Å²) in [5.41, 5.74) is 7.94. The first-order chi connectivity index (χ1) is 8.06. The predicted molar refractivity (Wildman–Crippen MR) is 77.4 cm³/mol. The first-order valence-corrected chi connectivity index (χ1v) is 7.25. The Kier molecular flexibility index (Phi) is 4.00. The quantitative estimate of drug-likeness (QED) is 0.818. The summed E-state index contributed by atoms with van der Waals surface area (Å²) in [7, 11) is 0. The molecule has 1 aliphatic rings. The zero-order valence-electron chi connectivity index (χ0n) is 10.9. The van der Waals surface area contributed by atoms with Crippen molar-refractivity contribution in [2.24, 2.45) is 0 Å².